The van der Waals surface area contributed by atoms with Gasteiger partial charge >= 0.3 is 5.97 Å². The molecule has 0 amide bonds. The summed E-state index contributed by atoms with van der Waals surface area (Å²) >= 11 is 3.25. The third-order valence-electron chi connectivity index (χ3n) is 4.05. The Bertz CT molecular complexity index is 330. The van der Waals surface area contributed by atoms with E-state index in [1.165, 1.54) is 0 Å². The second kappa shape index (κ2) is 5.23. The summed E-state index contributed by atoms with van der Waals surface area (Å²) in [6.07, 6.45) is 4.14. The van der Waals surface area contributed by atoms with E-state index in [0.717, 1.165) is 37.2 Å². The zero-order valence-corrected chi connectivity index (χ0v) is 11.8. The van der Waals surface area contributed by atoms with Crippen LogP contribution in [0.25, 0.3) is 0 Å². The van der Waals surface area contributed by atoms with Crippen LogP contribution >= 0.6 is 23.5 Å². The molecule has 3 rings (SSSR count). The molecule has 102 valence electrons. The van der Waals surface area contributed by atoms with E-state index in [9.17, 15) is 9.90 Å². The molecule has 2 heterocycles. The van der Waals surface area contributed by atoms with E-state index in [0.29, 0.717) is 6.79 Å². The first-order valence-corrected chi connectivity index (χ1v) is 8.44. The smallest absolute Gasteiger partial charge is 0.330 e. The van der Waals surface area contributed by atoms with Crippen molar-refractivity contribution < 1.29 is 19.4 Å². The summed E-state index contributed by atoms with van der Waals surface area (Å²) in [5.41, 5.74) is 0. The number of fused-ring (bicyclic) bond motifs is 1. The van der Waals surface area contributed by atoms with Crippen molar-refractivity contribution in [3.05, 3.63) is 0 Å². The largest absolute Gasteiger partial charge is 0.480 e. The van der Waals surface area contributed by atoms with Gasteiger partial charge in [0, 0.05) is 0 Å². The van der Waals surface area contributed by atoms with E-state index in [1.54, 1.807) is 23.5 Å². The van der Waals surface area contributed by atoms with Crippen LogP contribution in [0.5, 0.6) is 0 Å². The van der Waals surface area contributed by atoms with Crippen LogP contribution in [0.1, 0.15) is 25.7 Å². The van der Waals surface area contributed by atoms with Gasteiger partial charge in [-0.1, -0.05) is 0 Å². The molecule has 0 aromatic rings. The van der Waals surface area contributed by atoms with E-state index >= 15 is 0 Å². The Morgan fingerprint density at radius 1 is 1.17 bits per heavy atom. The van der Waals surface area contributed by atoms with Crippen LogP contribution in [0.15, 0.2) is 0 Å². The molecule has 2 aliphatic heterocycles. The van der Waals surface area contributed by atoms with Crippen LogP contribution in [-0.2, 0) is 14.3 Å². The third-order valence-corrected chi connectivity index (χ3v) is 7.62. The van der Waals surface area contributed by atoms with Crippen LogP contribution in [0.4, 0.5) is 0 Å². The Morgan fingerprint density at radius 2 is 1.89 bits per heavy atom. The van der Waals surface area contributed by atoms with Gasteiger partial charge in [-0.05, 0) is 43.1 Å². The maximum atomic E-state index is 11.8. The molecule has 0 radical (unpaired) electrons. The first-order valence-electron chi connectivity index (χ1n) is 6.47. The van der Waals surface area contributed by atoms with Gasteiger partial charge in [0.1, 0.15) is 6.79 Å². The molecule has 0 unspecified atom stereocenters. The van der Waals surface area contributed by atoms with Crippen molar-refractivity contribution in [1.29, 1.82) is 0 Å². The highest BCUT2D eigenvalue weighted by Gasteiger charge is 2.52. The van der Waals surface area contributed by atoms with Gasteiger partial charge in [0.05, 0.1) is 12.2 Å². The molecule has 3 aliphatic rings. The molecule has 1 saturated carbocycles. The molecule has 2 saturated heterocycles. The van der Waals surface area contributed by atoms with Gasteiger partial charge in [0.15, 0.2) is 4.08 Å². The zero-order chi connectivity index (χ0) is 12.6. The lowest BCUT2D eigenvalue weighted by Gasteiger charge is -2.42. The highest BCUT2D eigenvalue weighted by atomic mass is 32.2. The predicted octanol–water partition coefficient (Wildman–Crippen LogP) is 2.18. The van der Waals surface area contributed by atoms with Gasteiger partial charge in [-0.2, -0.15) is 0 Å². The molecule has 0 bridgehead atoms. The van der Waals surface area contributed by atoms with Crippen molar-refractivity contribution >= 4 is 29.5 Å². The highest BCUT2D eigenvalue weighted by Crippen LogP contribution is 2.53. The molecule has 3 fully saturated rings. The number of carbonyl (C=O) groups is 1. The van der Waals surface area contributed by atoms with Crippen LogP contribution in [-0.4, -0.2) is 45.7 Å². The fraction of sp³-hybridized carbons (Fsp3) is 0.917. The van der Waals surface area contributed by atoms with Gasteiger partial charge in [0.2, 0.25) is 0 Å². The number of aliphatic carboxylic acids is 1. The Balaban J connectivity index is 1.76. The van der Waals surface area contributed by atoms with Crippen LogP contribution in [0, 0.1) is 5.92 Å². The van der Waals surface area contributed by atoms with Crippen molar-refractivity contribution in [3.63, 3.8) is 0 Å². The Morgan fingerprint density at radius 3 is 2.61 bits per heavy atom. The molecular weight excluding hydrogens is 272 g/mol. The average Bonchev–Trinajstić information content (AvgIpc) is 2.86. The minimum atomic E-state index is -0.653. The van der Waals surface area contributed by atoms with Crippen molar-refractivity contribution in [3.8, 4) is 0 Å². The van der Waals surface area contributed by atoms with E-state index in [2.05, 4.69) is 0 Å². The molecule has 3 atom stereocenters. The highest BCUT2D eigenvalue weighted by molar-refractivity contribution is 8.19. The molecule has 6 heteroatoms. The number of ether oxygens (including phenoxy) is 2. The average molecular weight is 290 g/mol. The number of carboxylic acid groups (broad SMARTS) is 1. The summed E-state index contributed by atoms with van der Waals surface area (Å²) in [6, 6.07) is 0. The zero-order valence-electron chi connectivity index (χ0n) is 10.2. The normalized spacial score (nSPS) is 39.2. The number of carboxylic acids is 1. The molecular formula is C12H18O4S2. The maximum absolute atomic E-state index is 11.8. The van der Waals surface area contributed by atoms with Gasteiger partial charge in [0.25, 0.3) is 0 Å². The standard InChI is InChI=1S/C12H18O4S2/c13-11(14)12(17-4-1-5-18-12)8-2-3-9-10(6-8)16-7-15-9/h8-10H,1-7H2,(H,13,14)/t8-,9-,10-/m1/s1. The lowest BCUT2D eigenvalue weighted by Crippen LogP contribution is -2.47. The fourth-order valence-corrected chi connectivity index (χ4v) is 6.46. The minimum absolute atomic E-state index is 0.114. The third kappa shape index (κ3) is 2.17. The lowest BCUT2D eigenvalue weighted by atomic mass is 9.83. The first kappa shape index (κ1) is 13.1. The van der Waals surface area contributed by atoms with E-state index < -0.39 is 10.0 Å². The Hall–Kier alpha value is 0.0900. The molecule has 1 aliphatic carbocycles. The van der Waals surface area contributed by atoms with Crippen LogP contribution in [0.3, 0.4) is 0 Å². The lowest BCUT2D eigenvalue weighted by molar-refractivity contribution is -0.139. The maximum Gasteiger partial charge on any atom is 0.330 e. The van der Waals surface area contributed by atoms with Gasteiger partial charge in [-0.15, -0.1) is 23.5 Å². The van der Waals surface area contributed by atoms with Crippen molar-refractivity contribution in [1.82, 2.24) is 0 Å². The molecule has 4 nitrogen and oxygen atoms in total. The van der Waals surface area contributed by atoms with E-state index in [1.807, 2.05) is 0 Å². The van der Waals surface area contributed by atoms with Crippen LogP contribution < -0.4 is 0 Å². The predicted molar refractivity (Wildman–Crippen MR) is 71.9 cm³/mol. The number of thioether (sulfide) groups is 2. The minimum Gasteiger partial charge on any atom is -0.480 e. The quantitative estimate of drug-likeness (QED) is 0.841. The summed E-state index contributed by atoms with van der Waals surface area (Å²) in [4.78, 5) is 11.8. The Labute approximate surface area is 115 Å². The molecule has 1 N–H and O–H groups in total. The summed E-state index contributed by atoms with van der Waals surface area (Å²) in [6.45, 7) is 0.377. The van der Waals surface area contributed by atoms with Crippen molar-refractivity contribution in [2.24, 2.45) is 5.92 Å². The van der Waals surface area contributed by atoms with Gasteiger partial charge in [-0.3, -0.25) is 0 Å². The second-order valence-corrected chi connectivity index (χ2v) is 8.00. The Kier molecular flexibility index (Phi) is 3.80. The summed E-state index contributed by atoms with van der Waals surface area (Å²) in [5.74, 6) is 1.47. The second-order valence-electron chi connectivity index (χ2n) is 5.06. The molecule has 0 spiro atoms. The molecule has 0 aromatic heterocycles. The monoisotopic (exact) mass is 290 g/mol. The van der Waals surface area contributed by atoms with E-state index in [4.69, 9.17) is 9.47 Å². The van der Waals surface area contributed by atoms with Crippen molar-refractivity contribution in [2.75, 3.05) is 18.3 Å². The molecule has 18 heavy (non-hydrogen) atoms. The van der Waals surface area contributed by atoms with Gasteiger partial charge in [-0.25, -0.2) is 4.79 Å². The van der Waals surface area contributed by atoms with Gasteiger partial charge < -0.3 is 14.6 Å². The van der Waals surface area contributed by atoms with Crippen molar-refractivity contribution in [2.45, 2.75) is 42.0 Å². The summed E-state index contributed by atoms with van der Waals surface area (Å²) in [7, 11) is 0. The van der Waals surface area contributed by atoms with E-state index in [-0.39, 0.29) is 18.1 Å². The topological polar surface area (TPSA) is 55.8 Å². The fourth-order valence-electron chi connectivity index (χ4n) is 3.11. The summed E-state index contributed by atoms with van der Waals surface area (Å²) < 4.78 is 10.4. The number of rotatable bonds is 2. The SMILES string of the molecule is O=C(O)C1([C@@H]2CC[C@H]3OCO[C@@H]3C2)SCCCS1. The molecule has 0 aromatic carbocycles. The first-order chi connectivity index (χ1) is 8.72. The number of hydrogen-bond donors (Lipinski definition) is 1. The number of hydrogen-bond acceptors (Lipinski definition) is 5. The van der Waals surface area contributed by atoms with Crippen LogP contribution in [0.2, 0.25) is 0 Å². The summed E-state index contributed by atoms with van der Waals surface area (Å²) in [5, 5.41) is 9.67.